The number of hydrogen-bond acceptors (Lipinski definition) is 6. The Hall–Kier alpha value is -2.06. The third-order valence-corrected chi connectivity index (χ3v) is 9.51. The van der Waals surface area contributed by atoms with Crippen molar-refractivity contribution in [2.24, 2.45) is 23.7 Å². The largest absolute Gasteiger partial charge is 0.390 e. The number of nitrogens with zero attached hydrogens (tertiary/aromatic N) is 3. The molecule has 3 atom stereocenters. The van der Waals surface area contributed by atoms with Crippen LogP contribution in [0.15, 0.2) is 18.7 Å². The summed E-state index contributed by atoms with van der Waals surface area (Å²) in [5.41, 5.74) is 2.98. The van der Waals surface area contributed by atoms with Gasteiger partial charge in [-0.2, -0.15) is 0 Å². The summed E-state index contributed by atoms with van der Waals surface area (Å²) >= 11 is 0. The molecule has 3 N–H and O–H groups in total. The Kier molecular flexibility index (Phi) is 5.21. The molecule has 8 heteroatoms. The van der Waals surface area contributed by atoms with E-state index in [0.717, 1.165) is 51.4 Å². The molecule has 0 radical (unpaired) electrons. The number of rotatable bonds is 5. The lowest BCUT2D eigenvalue weighted by Gasteiger charge is -2.63. The van der Waals surface area contributed by atoms with Crippen LogP contribution in [0, 0.1) is 23.7 Å². The summed E-state index contributed by atoms with van der Waals surface area (Å²) < 4.78 is 0. The van der Waals surface area contributed by atoms with Crippen LogP contribution in [0.3, 0.4) is 0 Å². The molecule has 1 aliphatic heterocycles. The Morgan fingerprint density at radius 2 is 1.82 bits per heavy atom. The van der Waals surface area contributed by atoms with Gasteiger partial charge in [-0.3, -0.25) is 15.0 Å². The van der Waals surface area contributed by atoms with E-state index >= 15 is 0 Å². The van der Waals surface area contributed by atoms with Gasteiger partial charge in [0.25, 0.3) is 5.91 Å². The van der Waals surface area contributed by atoms with E-state index in [-0.39, 0.29) is 23.4 Å². The number of aromatic nitrogens is 2. The molecule has 0 spiro atoms. The van der Waals surface area contributed by atoms with E-state index in [4.69, 9.17) is 0 Å². The van der Waals surface area contributed by atoms with Gasteiger partial charge < -0.3 is 10.4 Å². The molecule has 2 heterocycles. The van der Waals surface area contributed by atoms with E-state index in [2.05, 4.69) is 25.7 Å². The van der Waals surface area contributed by atoms with Gasteiger partial charge in [0.1, 0.15) is 6.33 Å². The van der Waals surface area contributed by atoms with E-state index in [9.17, 15) is 14.7 Å². The second kappa shape index (κ2) is 8.01. The maximum atomic E-state index is 13.4. The zero-order valence-corrected chi connectivity index (χ0v) is 19.2. The monoisotopic (exact) mass is 453 g/mol. The lowest BCUT2D eigenvalue weighted by atomic mass is 9.51. The van der Waals surface area contributed by atoms with Gasteiger partial charge in [0.15, 0.2) is 0 Å². The van der Waals surface area contributed by atoms with Crippen LogP contribution in [0.25, 0.3) is 0 Å². The molecule has 0 aromatic carbocycles. The molecule has 6 aliphatic rings. The molecular formula is C25H35N5O3. The number of amides is 2. The SMILES string of the molecule is O=C1CC[C@](C2CCCC2)(N(NC(=O)c2cncnc2)C2C3CC4CC2CC(O)(C4)C3)CN1. The van der Waals surface area contributed by atoms with Crippen LogP contribution in [-0.4, -0.2) is 55.6 Å². The maximum Gasteiger partial charge on any atom is 0.268 e. The smallest absolute Gasteiger partial charge is 0.268 e. The van der Waals surface area contributed by atoms with E-state index in [1.165, 1.54) is 19.2 Å². The van der Waals surface area contributed by atoms with Crippen molar-refractivity contribution in [3.63, 3.8) is 0 Å². The molecule has 1 aromatic heterocycles. The van der Waals surface area contributed by atoms with E-state index in [1.807, 2.05) is 0 Å². The molecule has 4 bridgehead atoms. The zero-order valence-electron chi connectivity index (χ0n) is 19.2. The summed E-state index contributed by atoms with van der Waals surface area (Å²) in [7, 11) is 0. The number of nitrogens with one attached hydrogen (secondary N) is 2. The van der Waals surface area contributed by atoms with Gasteiger partial charge in [-0.15, -0.1) is 0 Å². The fourth-order valence-electron chi connectivity index (χ4n) is 8.42. The van der Waals surface area contributed by atoms with Crippen molar-refractivity contribution >= 4 is 11.8 Å². The zero-order chi connectivity index (χ0) is 22.6. The molecule has 2 unspecified atom stereocenters. The van der Waals surface area contributed by atoms with Crippen molar-refractivity contribution in [1.29, 1.82) is 0 Å². The van der Waals surface area contributed by atoms with Crippen LogP contribution in [0.2, 0.25) is 0 Å². The summed E-state index contributed by atoms with van der Waals surface area (Å²) in [4.78, 5) is 33.8. The lowest BCUT2D eigenvalue weighted by Crippen LogP contribution is -2.74. The number of piperidine rings is 1. The van der Waals surface area contributed by atoms with E-state index < -0.39 is 5.60 Å². The molecule has 33 heavy (non-hydrogen) atoms. The van der Waals surface area contributed by atoms with Crippen molar-refractivity contribution in [3.8, 4) is 0 Å². The van der Waals surface area contributed by atoms with Crippen LogP contribution >= 0.6 is 0 Å². The fraction of sp³-hybridized carbons (Fsp3) is 0.760. The van der Waals surface area contributed by atoms with Crippen LogP contribution in [0.5, 0.6) is 0 Å². The molecule has 6 fully saturated rings. The number of hydrazine groups is 1. The molecule has 178 valence electrons. The van der Waals surface area contributed by atoms with Gasteiger partial charge in [0, 0.05) is 31.4 Å². The topological polar surface area (TPSA) is 107 Å². The predicted octanol–water partition coefficient (Wildman–Crippen LogP) is 2.20. The Bertz CT molecular complexity index is 892. The summed E-state index contributed by atoms with van der Waals surface area (Å²) in [5.74, 6) is 1.68. The van der Waals surface area contributed by atoms with Gasteiger partial charge >= 0.3 is 0 Å². The standard InChI is InChI=1S/C25H35N5O3/c31-21-5-6-25(14-28-21,20-3-1-2-4-20)30(29-23(32)19-12-26-15-27-13-19)22-17-7-16-8-18(22)11-24(33,9-16)10-17/h12-13,15-18,20,22,33H,1-11,14H2,(H,28,31)(H,29,32)/t16?,17?,18?,22?,24?,25-/m0/s1. The summed E-state index contributed by atoms with van der Waals surface area (Å²) in [6, 6.07) is 0.186. The number of aliphatic hydroxyl groups is 1. The average molecular weight is 454 g/mol. The molecule has 5 saturated carbocycles. The van der Waals surface area contributed by atoms with Crippen molar-refractivity contribution in [2.45, 2.75) is 87.8 Å². The normalized spacial score (nSPS) is 40.2. The molecule has 5 aliphatic carbocycles. The first-order valence-electron chi connectivity index (χ1n) is 12.8. The van der Waals surface area contributed by atoms with Gasteiger partial charge in [-0.1, -0.05) is 12.8 Å². The highest BCUT2D eigenvalue weighted by Crippen LogP contribution is 2.58. The minimum atomic E-state index is -0.531. The quantitative estimate of drug-likeness (QED) is 0.590. The van der Waals surface area contributed by atoms with Gasteiger partial charge in [0.2, 0.25) is 5.91 Å². The third-order valence-electron chi connectivity index (χ3n) is 9.51. The molecular weight excluding hydrogens is 418 g/mol. The Morgan fingerprint density at radius 1 is 1.12 bits per heavy atom. The van der Waals surface area contributed by atoms with Crippen LogP contribution in [0.1, 0.15) is 81.0 Å². The molecule has 8 nitrogen and oxygen atoms in total. The second-order valence-corrected chi connectivity index (χ2v) is 11.5. The second-order valence-electron chi connectivity index (χ2n) is 11.5. The maximum absolute atomic E-state index is 13.4. The number of carbonyl (C=O) groups is 2. The van der Waals surface area contributed by atoms with Crippen LogP contribution in [0.4, 0.5) is 0 Å². The first-order chi connectivity index (χ1) is 16.0. The Balaban J connectivity index is 1.39. The third kappa shape index (κ3) is 3.66. The fourth-order valence-corrected chi connectivity index (χ4v) is 8.42. The van der Waals surface area contributed by atoms with Gasteiger partial charge in [-0.05, 0) is 75.0 Å². The van der Waals surface area contributed by atoms with Crippen LogP contribution < -0.4 is 10.7 Å². The van der Waals surface area contributed by atoms with Crippen molar-refractivity contribution in [1.82, 2.24) is 25.7 Å². The predicted molar refractivity (Wildman–Crippen MR) is 121 cm³/mol. The number of hydrogen-bond donors (Lipinski definition) is 3. The minimum absolute atomic E-state index is 0.103. The minimum Gasteiger partial charge on any atom is -0.390 e. The highest BCUT2D eigenvalue weighted by Gasteiger charge is 2.60. The first kappa shape index (κ1) is 21.5. The van der Waals surface area contributed by atoms with Crippen molar-refractivity contribution in [3.05, 3.63) is 24.3 Å². The molecule has 1 aromatic rings. The van der Waals surface area contributed by atoms with E-state index in [0.29, 0.717) is 42.2 Å². The van der Waals surface area contributed by atoms with E-state index in [1.54, 1.807) is 12.4 Å². The molecule has 7 rings (SSSR count). The number of carbonyl (C=O) groups excluding carboxylic acids is 2. The average Bonchev–Trinajstić information content (AvgIpc) is 3.34. The highest BCUT2D eigenvalue weighted by molar-refractivity contribution is 5.93. The summed E-state index contributed by atoms with van der Waals surface area (Å²) in [6.07, 6.45) is 15.3. The highest BCUT2D eigenvalue weighted by atomic mass is 16.3. The Labute approximate surface area is 194 Å². The summed E-state index contributed by atoms with van der Waals surface area (Å²) in [5, 5.41) is 16.7. The lowest BCUT2D eigenvalue weighted by molar-refractivity contribution is -0.191. The molecule has 2 amide bonds. The first-order valence-corrected chi connectivity index (χ1v) is 12.8. The molecule has 1 saturated heterocycles. The van der Waals surface area contributed by atoms with Crippen molar-refractivity contribution < 1.29 is 14.7 Å². The van der Waals surface area contributed by atoms with Gasteiger partial charge in [0.05, 0.1) is 16.7 Å². The van der Waals surface area contributed by atoms with Crippen molar-refractivity contribution in [2.75, 3.05) is 6.54 Å². The van der Waals surface area contributed by atoms with Crippen LogP contribution in [-0.2, 0) is 4.79 Å². The summed E-state index contributed by atoms with van der Waals surface area (Å²) in [6.45, 7) is 0.575. The van der Waals surface area contributed by atoms with Gasteiger partial charge in [-0.25, -0.2) is 15.0 Å². The Morgan fingerprint density at radius 3 is 2.42 bits per heavy atom.